The molecule has 2 aliphatic rings. The van der Waals surface area contributed by atoms with Crippen molar-refractivity contribution in [1.82, 2.24) is 4.90 Å². The summed E-state index contributed by atoms with van der Waals surface area (Å²) in [5.74, 6) is 0.172. The van der Waals surface area contributed by atoms with E-state index in [1.54, 1.807) is 31.4 Å². The van der Waals surface area contributed by atoms with Crippen molar-refractivity contribution < 1.29 is 28.6 Å². The predicted molar refractivity (Wildman–Crippen MR) is 149 cm³/mol. The Kier molecular flexibility index (Phi) is 9.09. The van der Waals surface area contributed by atoms with Gasteiger partial charge in [0, 0.05) is 18.7 Å². The van der Waals surface area contributed by atoms with Gasteiger partial charge in [-0.25, -0.2) is 0 Å². The van der Waals surface area contributed by atoms with Gasteiger partial charge >= 0.3 is 0 Å². The number of para-hydroxylation sites is 2. The van der Waals surface area contributed by atoms with Gasteiger partial charge in [0.15, 0.2) is 11.5 Å². The number of amides is 3. The van der Waals surface area contributed by atoms with Gasteiger partial charge in [-0.05, 0) is 61.0 Å². The Balaban J connectivity index is 1.50. The number of carbonyl (C=O) groups is 3. The van der Waals surface area contributed by atoms with Gasteiger partial charge in [0.1, 0.15) is 6.54 Å². The SMILES string of the molecule is C=CCc1cc(/C=C2/SC(=O)N(CC(=O)Nc3ccccc3N3CCOCC3)C2=O)cc(OCC)c1OC. The summed E-state index contributed by atoms with van der Waals surface area (Å²) in [7, 11) is 1.57. The number of nitrogens with zero attached hydrogens (tertiary/aromatic N) is 2. The molecule has 10 heteroatoms. The van der Waals surface area contributed by atoms with E-state index < -0.39 is 17.1 Å². The van der Waals surface area contributed by atoms with Crippen LogP contribution in [0, 0.1) is 0 Å². The minimum absolute atomic E-state index is 0.230. The molecule has 0 saturated carbocycles. The molecule has 0 spiro atoms. The van der Waals surface area contributed by atoms with Gasteiger partial charge in [0.05, 0.1) is 43.2 Å². The van der Waals surface area contributed by atoms with E-state index >= 15 is 0 Å². The lowest BCUT2D eigenvalue weighted by molar-refractivity contribution is -0.127. The molecule has 4 rings (SSSR count). The predicted octanol–water partition coefficient (Wildman–Crippen LogP) is 4.33. The van der Waals surface area contributed by atoms with Gasteiger partial charge in [-0.15, -0.1) is 6.58 Å². The number of anilines is 2. The molecule has 0 aliphatic carbocycles. The Hall–Kier alpha value is -3.76. The van der Waals surface area contributed by atoms with E-state index in [4.69, 9.17) is 14.2 Å². The molecular formula is C28H31N3O6S. The smallest absolute Gasteiger partial charge is 0.294 e. The zero-order valence-corrected chi connectivity index (χ0v) is 22.3. The highest BCUT2D eigenvalue weighted by atomic mass is 32.2. The highest BCUT2D eigenvalue weighted by Crippen LogP contribution is 2.37. The summed E-state index contributed by atoms with van der Waals surface area (Å²) in [5, 5.41) is 2.36. The molecule has 2 aromatic rings. The zero-order valence-electron chi connectivity index (χ0n) is 21.5. The third-order valence-electron chi connectivity index (χ3n) is 6.03. The third kappa shape index (κ3) is 6.20. The second kappa shape index (κ2) is 12.7. The van der Waals surface area contributed by atoms with Crippen LogP contribution in [0.2, 0.25) is 0 Å². The fourth-order valence-electron chi connectivity index (χ4n) is 4.35. The summed E-state index contributed by atoms with van der Waals surface area (Å²) in [4.78, 5) is 42.0. The monoisotopic (exact) mass is 537 g/mol. The van der Waals surface area contributed by atoms with Crippen molar-refractivity contribution in [2.45, 2.75) is 13.3 Å². The van der Waals surface area contributed by atoms with E-state index in [0.717, 1.165) is 27.9 Å². The summed E-state index contributed by atoms with van der Waals surface area (Å²) in [6, 6.07) is 11.1. The number of methoxy groups -OCH3 is 1. The second-order valence-electron chi connectivity index (χ2n) is 8.57. The average Bonchev–Trinajstić information content (AvgIpc) is 3.17. The number of allylic oxidation sites excluding steroid dienone is 1. The molecule has 0 atom stereocenters. The standard InChI is InChI=1S/C28H31N3O6S/c1-4-8-20-15-19(16-23(37-5-2)26(20)35-3)17-24-27(33)31(28(34)38-24)18-25(32)29-21-9-6-7-10-22(21)30-11-13-36-14-12-30/h4,6-7,9-10,15-17H,1,5,8,11-14,18H2,2-3H3,(H,29,32)/b24-17+. The zero-order chi connectivity index (χ0) is 27.1. The molecule has 2 aliphatic heterocycles. The van der Waals surface area contributed by atoms with Crippen LogP contribution in [-0.4, -0.2) is 68.5 Å². The number of hydrogen-bond donors (Lipinski definition) is 1. The lowest BCUT2D eigenvalue weighted by Gasteiger charge is -2.30. The minimum atomic E-state index is -0.518. The van der Waals surface area contributed by atoms with E-state index in [0.29, 0.717) is 62.1 Å². The number of benzene rings is 2. The molecule has 200 valence electrons. The van der Waals surface area contributed by atoms with Crippen LogP contribution in [0.3, 0.4) is 0 Å². The minimum Gasteiger partial charge on any atom is -0.493 e. The lowest BCUT2D eigenvalue weighted by Crippen LogP contribution is -2.38. The molecule has 3 amide bonds. The van der Waals surface area contributed by atoms with Gasteiger partial charge in [-0.3, -0.25) is 19.3 Å². The number of morpholine rings is 1. The largest absolute Gasteiger partial charge is 0.493 e. The van der Waals surface area contributed by atoms with Crippen molar-refractivity contribution in [3.8, 4) is 11.5 Å². The number of imide groups is 1. The van der Waals surface area contributed by atoms with Crippen molar-refractivity contribution in [2.75, 3.05) is 56.8 Å². The Morgan fingerprint density at radius 3 is 2.68 bits per heavy atom. The first-order chi connectivity index (χ1) is 18.4. The first-order valence-corrected chi connectivity index (χ1v) is 13.2. The molecule has 0 aromatic heterocycles. The highest BCUT2D eigenvalue weighted by Gasteiger charge is 2.36. The number of ether oxygens (including phenoxy) is 3. The van der Waals surface area contributed by atoms with Gasteiger partial charge in [-0.1, -0.05) is 18.2 Å². The second-order valence-corrected chi connectivity index (χ2v) is 9.56. The van der Waals surface area contributed by atoms with Crippen LogP contribution >= 0.6 is 11.8 Å². The van der Waals surface area contributed by atoms with Crippen LogP contribution in [0.4, 0.5) is 16.2 Å². The molecular weight excluding hydrogens is 506 g/mol. The summed E-state index contributed by atoms with van der Waals surface area (Å²) in [5.41, 5.74) is 3.02. The summed E-state index contributed by atoms with van der Waals surface area (Å²) < 4.78 is 16.7. The first kappa shape index (κ1) is 27.3. The number of carbonyl (C=O) groups excluding carboxylic acids is 3. The maximum absolute atomic E-state index is 13.1. The van der Waals surface area contributed by atoms with Gasteiger partial charge in [0.25, 0.3) is 11.1 Å². The lowest BCUT2D eigenvalue weighted by atomic mass is 10.0. The normalized spacial score (nSPS) is 16.6. The Bertz CT molecular complexity index is 1260. The quantitative estimate of drug-likeness (QED) is 0.353. The maximum atomic E-state index is 13.1. The Morgan fingerprint density at radius 1 is 1.21 bits per heavy atom. The van der Waals surface area contributed by atoms with Crippen LogP contribution in [0.25, 0.3) is 6.08 Å². The Morgan fingerprint density at radius 2 is 1.97 bits per heavy atom. The molecule has 1 N–H and O–H groups in total. The number of thioether (sulfide) groups is 1. The van der Waals surface area contributed by atoms with E-state index in [2.05, 4.69) is 16.8 Å². The summed E-state index contributed by atoms with van der Waals surface area (Å²) in [6.07, 6.45) is 3.92. The van der Waals surface area contributed by atoms with Crippen LogP contribution in [0.5, 0.6) is 11.5 Å². The van der Waals surface area contributed by atoms with E-state index in [1.807, 2.05) is 31.2 Å². The fourth-order valence-corrected chi connectivity index (χ4v) is 5.19. The van der Waals surface area contributed by atoms with Crippen molar-refractivity contribution in [1.29, 1.82) is 0 Å². The van der Waals surface area contributed by atoms with Crippen LogP contribution in [0.1, 0.15) is 18.1 Å². The maximum Gasteiger partial charge on any atom is 0.294 e. The van der Waals surface area contributed by atoms with Crippen molar-refractivity contribution >= 4 is 46.3 Å². The van der Waals surface area contributed by atoms with Crippen LogP contribution in [-0.2, 0) is 20.7 Å². The number of hydrogen-bond acceptors (Lipinski definition) is 8. The molecule has 2 fully saturated rings. The van der Waals surface area contributed by atoms with E-state index in [1.165, 1.54) is 0 Å². The molecule has 2 heterocycles. The molecule has 2 saturated heterocycles. The molecule has 0 bridgehead atoms. The molecule has 9 nitrogen and oxygen atoms in total. The van der Waals surface area contributed by atoms with Crippen LogP contribution < -0.4 is 19.7 Å². The average molecular weight is 538 g/mol. The fraction of sp³-hybridized carbons (Fsp3) is 0.321. The van der Waals surface area contributed by atoms with E-state index in [9.17, 15) is 14.4 Å². The Labute approximate surface area is 226 Å². The highest BCUT2D eigenvalue weighted by molar-refractivity contribution is 8.18. The summed E-state index contributed by atoms with van der Waals surface area (Å²) >= 11 is 0.803. The van der Waals surface area contributed by atoms with E-state index in [-0.39, 0.29) is 11.4 Å². The van der Waals surface area contributed by atoms with Crippen molar-refractivity contribution in [3.63, 3.8) is 0 Å². The number of rotatable bonds is 10. The van der Waals surface area contributed by atoms with Gasteiger partial charge in [0.2, 0.25) is 5.91 Å². The van der Waals surface area contributed by atoms with Crippen molar-refractivity contribution in [3.05, 3.63) is 65.1 Å². The van der Waals surface area contributed by atoms with Gasteiger partial charge < -0.3 is 24.4 Å². The topological polar surface area (TPSA) is 97.4 Å². The first-order valence-electron chi connectivity index (χ1n) is 12.4. The third-order valence-corrected chi connectivity index (χ3v) is 6.93. The van der Waals surface area contributed by atoms with Crippen LogP contribution in [0.15, 0.2) is 54.0 Å². The van der Waals surface area contributed by atoms with Crippen molar-refractivity contribution in [2.24, 2.45) is 0 Å². The molecule has 0 unspecified atom stereocenters. The summed E-state index contributed by atoms with van der Waals surface area (Å²) in [6.45, 7) is 8.37. The molecule has 2 aromatic carbocycles. The molecule has 38 heavy (non-hydrogen) atoms. The number of nitrogens with one attached hydrogen (secondary N) is 1. The molecule has 0 radical (unpaired) electrons. The van der Waals surface area contributed by atoms with Gasteiger partial charge in [-0.2, -0.15) is 0 Å².